The fourth-order valence-electron chi connectivity index (χ4n) is 1.52. The topological polar surface area (TPSA) is 49.9 Å². The molecule has 0 aliphatic heterocycles. The Bertz CT molecular complexity index is 528. The first-order valence-corrected chi connectivity index (χ1v) is 4.36. The van der Waals surface area contributed by atoms with E-state index in [0.717, 1.165) is 22.8 Å². The molecule has 70 valence electrons. The maximum atomic E-state index is 11.0. The van der Waals surface area contributed by atoms with E-state index in [0.29, 0.717) is 6.42 Å². The van der Waals surface area contributed by atoms with E-state index in [4.69, 9.17) is 0 Å². The smallest absolute Gasteiger partial charge is 0.248 e. The predicted octanol–water partition coefficient (Wildman–Crippen LogP) is 1.27. The van der Waals surface area contributed by atoms with E-state index in [2.05, 4.69) is 4.98 Å². The van der Waals surface area contributed by atoms with Crippen molar-refractivity contribution in [2.24, 2.45) is 0 Å². The molecule has 14 heavy (non-hydrogen) atoms. The number of pyridine rings is 1. The fourth-order valence-corrected chi connectivity index (χ4v) is 1.52. The third-order valence-corrected chi connectivity index (χ3v) is 2.16. The Morgan fingerprint density at radius 3 is 2.86 bits per heavy atom. The van der Waals surface area contributed by atoms with Gasteiger partial charge in [0.05, 0.1) is 0 Å². The van der Waals surface area contributed by atoms with Crippen LogP contribution >= 0.6 is 0 Å². The molecule has 3 heteroatoms. The number of rotatable bonds is 2. The van der Waals surface area contributed by atoms with Crippen LogP contribution in [0.2, 0.25) is 0 Å². The highest BCUT2D eigenvalue weighted by atomic mass is 16.1. The van der Waals surface area contributed by atoms with Gasteiger partial charge in [0.1, 0.15) is 6.29 Å². The highest BCUT2D eigenvalue weighted by Gasteiger charge is 1.99. The SMILES string of the molecule is O=CCc1cccc2[nH]c(=O)ccc12. The number of carbonyl (C=O) groups excluding carboxylic acids is 1. The number of hydrogen-bond acceptors (Lipinski definition) is 2. The van der Waals surface area contributed by atoms with Gasteiger partial charge in [-0.25, -0.2) is 0 Å². The lowest BCUT2D eigenvalue weighted by molar-refractivity contribution is -0.107. The first-order chi connectivity index (χ1) is 6.81. The van der Waals surface area contributed by atoms with Crippen molar-refractivity contribution in [3.05, 3.63) is 46.2 Å². The number of carbonyl (C=O) groups is 1. The van der Waals surface area contributed by atoms with Crippen LogP contribution in [0.15, 0.2) is 35.1 Å². The van der Waals surface area contributed by atoms with E-state index in [1.165, 1.54) is 6.07 Å². The molecule has 0 fully saturated rings. The zero-order chi connectivity index (χ0) is 9.97. The van der Waals surface area contributed by atoms with Crippen LogP contribution in [0.1, 0.15) is 5.56 Å². The van der Waals surface area contributed by atoms with Crippen LogP contribution in [-0.2, 0) is 11.2 Å². The Balaban J connectivity index is 2.74. The van der Waals surface area contributed by atoms with Crippen molar-refractivity contribution in [1.82, 2.24) is 4.98 Å². The summed E-state index contributed by atoms with van der Waals surface area (Å²) in [6.07, 6.45) is 1.24. The van der Waals surface area contributed by atoms with Gasteiger partial charge in [-0.15, -0.1) is 0 Å². The van der Waals surface area contributed by atoms with Gasteiger partial charge >= 0.3 is 0 Å². The van der Waals surface area contributed by atoms with Crippen molar-refractivity contribution >= 4 is 17.2 Å². The summed E-state index contributed by atoms with van der Waals surface area (Å²) in [5, 5.41) is 0.930. The molecule has 1 aromatic heterocycles. The average Bonchev–Trinajstić information content (AvgIpc) is 2.18. The minimum absolute atomic E-state index is 0.124. The van der Waals surface area contributed by atoms with E-state index in [9.17, 15) is 9.59 Å². The minimum atomic E-state index is -0.124. The lowest BCUT2D eigenvalue weighted by Gasteiger charge is -2.01. The zero-order valence-electron chi connectivity index (χ0n) is 7.49. The summed E-state index contributed by atoms with van der Waals surface area (Å²) < 4.78 is 0. The first-order valence-electron chi connectivity index (χ1n) is 4.36. The fraction of sp³-hybridized carbons (Fsp3) is 0.0909. The molecule has 1 heterocycles. The van der Waals surface area contributed by atoms with Gasteiger partial charge in [0.25, 0.3) is 0 Å². The Morgan fingerprint density at radius 1 is 1.21 bits per heavy atom. The van der Waals surface area contributed by atoms with Gasteiger partial charge in [-0.2, -0.15) is 0 Å². The molecule has 0 aliphatic rings. The molecular weight excluding hydrogens is 178 g/mol. The van der Waals surface area contributed by atoms with E-state index in [1.54, 1.807) is 6.07 Å². The third-order valence-electron chi connectivity index (χ3n) is 2.16. The molecule has 2 aromatic rings. The summed E-state index contributed by atoms with van der Waals surface area (Å²) in [5.41, 5.74) is 1.59. The number of fused-ring (bicyclic) bond motifs is 1. The summed E-state index contributed by atoms with van der Waals surface area (Å²) in [6, 6.07) is 8.75. The van der Waals surface area contributed by atoms with Gasteiger partial charge in [-0.1, -0.05) is 12.1 Å². The molecule has 0 spiro atoms. The lowest BCUT2D eigenvalue weighted by atomic mass is 10.1. The molecule has 0 saturated carbocycles. The summed E-state index contributed by atoms with van der Waals surface area (Å²) >= 11 is 0. The van der Waals surface area contributed by atoms with Gasteiger partial charge in [0.2, 0.25) is 5.56 Å². The quantitative estimate of drug-likeness (QED) is 0.720. The van der Waals surface area contributed by atoms with Gasteiger partial charge in [-0.3, -0.25) is 4.79 Å². The van der Waals surface area contributed by atoms with Crippen molar-refractivity contribution in [3.8, 4) is 0 Å². The van der Waals surface area contributed by atoms with Crippen LogP contribution in [0, 0.1) is 0 Å². The van der Waals surface area contributed by atoms with Crippen molar-refractivity contribution in [2.75, 3.05) is 0 Å². The molecule has 1 N–H and O–H groups in total. The Kier molecular flexibility index (Phi) is 2.14. The number of aromatic amines is 1. The summed E-state index contributed by atoms with van der Waals surface area (Å²) in [6.45, 7) is 0. The molecule has 0 aliphatic carbocycles. The number of aromatic nitrogens is 1. The second-order valence-electron chi connectivity index (χ2n) is 3.07. The number of nitrogens with one attached hydrogen (secondary N) is 1. The van der Waals surface area contributed by atoms with Gasteiger partial charge < -0.3 is 9.78 Å². The van der Waals surface area contributed by atoms with Crippen molar-refractivity contribution in [2.45, 2.75) is 6.42 Å². The number of H-pyrrole nitrogens is 1. The molecule has 0 amide bonds. The van der Waals surface area contributed by atoms with Gasteiger partial charge in [0.15, 0.2) is 0 Å². The van der Waals surface area contributed by atoms with Crippen molar-refractivity contribution < 1.29 is 4.79 Å². The molecule has 0 radical (unpaired) electrons. The molecule has 0 bridgehead atoms. The Hall–Kier alpha value is -1.90. The average molecular weight is 187 g/mol. The molecule has 0 unspecified atom stereocenters. The molecule has 2 rings (SSSR count). The number of hydrogen-bond donors (Lipinski definition) is 1. The van der Waals surface area contributed by atoms with Gasteiger partial charge in [-0.05, 0) is 17.7 Å². The third kappa shape index (κ3) is 1.44. The monoisotopic (exact) mass is 187 g/mol. The Morgan fingerprint density at radius 2 is 2.07 bits per heavy atom. The van der Waals surface area contributed by atoms with E-state index in [-0.39, 0.29) is 5.56 Å². The second-order valence-corrected chi connectivity index (χ2v) is 3.07. The lowest BCUT2D eigenvalue weighted by Crippen LogP contribution is -2.03. The van der Waals surface area contributed by atoms with Crippen LogP contribution in [0.4, 0.5) is 0 Å². The highest BCUT2D eigenvalue weighted by Crippen LogP contribution is 2.14. The van der Waals surface area contributed by atoms with Crippen LogP contribution in [-0.4, -0.2) is 11.3 Å². The zero-order valence-corrected chi connectivity index (χ0v) is 7.49. The number of aldehydes is 1. The minimum Gasteiger partial charge on any atom is -0.322 e. The van der Waals surface area contributed by atoms with E-state index < -0.39 is 0 Å². The van der Waals surface area contributed by atoms with Crippen LogP contribution in [0.3, 0.4) is 0 Å². The molecule has 0 saturated heterocycles. The van der Waals surface area contributed by atoms with Crippen LogP contribution in [0.5, 0.6) is 0 Å². The normalized spacial score (nSPS) is 10.3. The van der Waals surface area contributed by atoms with Crippen molar-refractivity contribution in [3.63, 3.8) is 0 Å². The molecule has 1 aromatic carbocycles. The standard InChI is InChI=1S/C11H9NO2/c13-7-6-8-2-1-3-10-9(8)4-5-11(14)12-10/h1-5,7H,6H2,(H,12,14). The van der Waals surface area contributed by atoms with Crippen LogP contribution in [0.25, 0.3) is 10.9 Å². The first kappa shape index (κ1) is 8.69. The molecule has 0 atom stereocenters. The maximum absolute atomic E-state index is 11.0. The largest absolute Gasteiger partial charge is 0.322 e. The molecular formula is C11H9NO2. The summed E-state index contributed by atoms with van der Waals surface area (Å²) in [5.74, 6) is 0. The predicted molar refractivity (Wildman–Crippen MR) is 54.3 cm³/mol. The summed E-state index contributed by atoms with van der Waals surface area (Å²) in [7, 11) is 0. The molecule has 3 nitrogen and oxygen atoms in total. The van der Waals surface area contributed by atoms with E-state index >= 15 is 0 Å². The van der Waals surface area contributed by atoms with Gasteiger partial charge in [0, 0.05) is 23.4 Å². The number of benzene rings is 1. The highest BCUT2D eigenvalue weighted by molar-refractivity contribution is 5.83. The Labute approximate surface area is 80.4 Å². The summed E-state index contributed by atoms with van der Waals surface area (Å²) in [4.78, 5) is 24.2. The maximum Gasteiger partial charge on any atom is 0.248 e. The van der Waals surface area contributed by atoms with Crippen molar-refractivity contribution in [1.29, 1.82) is 0 Å². The second kappa shape index (κ2) is 3.46. The van der Waals surface area contributed by atoms with Crippen LogP contribution < -0.4 is 5.56 Å². The van der Waals surface area contributed by atoms with E-state index in [1.807, 2.05) is 18.2 Å².